The SMILES string of the molecule is CC(=O)N[C@@H]1CN(Cc2ccc(Br)cc2)C[C@H]1O. The summed E-state index contributed by atoms with van der Waals surface area (Å²) in [6.07, 6.45) is -0.482. The van der Waals surface area contributed by atoms with E-state index in [2.05, 4.69) is 38.3 Å². The van der Waals surface area contributed by atoms with E-state index in [1.54, 1.807) is 0 Å². The molecule has 2 N–H and O–H groups in total. The van der Waals surface area contributed by atoms with E-state index in [9.17, 15) is 9.90 Å². The zero-order valence-electron chi connectivity index (χ0n) is 10.3. The minimum absolute atomic E-state index is 0.0930. The summed E-state index contributed by atoms with van der Waals surface area (Å²) in [5.41, 5.74) is 1.20. The third-order valence-electron chi connectivity index (χ3n) is 3.07. The number of benzene rings is 1. The van der Waals surface area contributed by atoms with Gasteiger partial charge < -0.3 is 10.4 Å². The number of aliphatic hydroxyl groups excluding tert-OH is 1. The molecule has 1 aliphatic heterocycles. The lowest BCUT2D eigenvalue weighted by molar-refractivity contribution is -0.120. The van der Waals surface area contributed by atoms with Gasteiger partial charge in [0.25, 0.3) is 0 Å². The molecule has 0 saturated carbocycles. The summed E-state index contributed by atoms with van der Waals surface area (Å²) in [4.78, 5) is 13.1. The molecule has 1 saturated heterocycles. The molecule has 1 aromatic carbocycles. The molecule has 0 spiro atoms. The van der Waals surface area contributed by atoms with Gasteiger partial charge in [0.15, 0.2) is 0 Å². The Kier molecular flexibility index (Phi) is 4.37. The van der Waals surface area contributed by atoms with Crippen LogP contribution in [0, 0.1) is 0 Å². The number of hydrogen-bond donors (Lipinski definition) is 2. The van der Waals surface area contributed by atoms with E-state index in [4.69, 9.17) is 0 Å². The lowest BCUT2D eigenvalue weighted by atomic mass is 10.2. The Morgan fingerprint density at radius 1 is 1.44 bits per heavy atom. The van der Waals surface area contributed by atoms with Crippen LogP contribution in [0.25, 0.3) is 0 Å². The summed E-state index contributed by atoms with van der Waals surface area (Å²) in [5, 5.41) is 12.6. The number of rotatable bonds is 3. The highest BCUT2D eigenvalue weighted by Gasteiger charge is 2.31. The molecule has 4 nitrogen and oxygen atoms in total. The van der Waals surface area contributed by atoms with Gasteiger partial charge in [-0.3, -0.25) is 9.69 Å². The molecule has 0 aliphatic carbocycles. The van der Waals surface area contributed by atoms with Crippen LogP contribution in [0.4, 0.5) is 0 Å². The molecular formula is C13H17BrN2O2. The molecule has 0 unspecified atom stereocenters. The Morgan fingerprint density at radius 3 is 2.72 bits per heavy atom. The highest BCUT2D eigenvalue weighted by atomic mass is 79.9. The van der Waals surface area contributed by atoms with Gasteiger partial charge in [-0.05, 0) is 17.7 Å². The number of carbonyl (C=O) groups is 1. The van der Waals surface area contributed by atoms with E-state index in [1.165, 1.54) is 12.5 Å². The minimum Gasteiger partial charge on any atom is -0.390 e. The van der Waals surface area contributed by atoms with Crippen molar-refractivity contribution < 1.29 is 9.90 Å². The number of hydrogen-bond acceptors (Lipinski definition) is 3. The second-order valence-corrected chi connectivity index (χ2v) is 5.61. The summed E-state index contributed by atoms with van der Waals surface area (Å²) in [6, 6.07) is 7.97. The van der Waals surface area contributed by atoms with Crippen LogP contribution in [0.5, 0.6) is 0 Å². The number of likely N-dealkylation sites (tertiary alicyclic amines) is 1. The molecule has 18 heavy (non-hydrogen) atoms. The summed E-state index contributed by atoms with van der Waals surface area (Å²) in [6.45, 7) is 3.56. The normalized spacial score (nSPS) is 24.2. The molecule has 1 fully saturated rings. The average molecular weight is 313 g/mol. The molecule has 2 rings (SSSR count). The van der Waals surface area contributed by atoms with Gasteiger partial charge >= 0.3 is 0 Å². The van der Waals surface area contributed by atoms with Gasteiger partial charge in [-0.25, -0.2) is 0 Å². The van der Waals surface area contributed by atoms with Crippen LogP contribution in [0.15, 0.2) is 28.7 Å². The third-order valence-corrected chi connectivity index (χ3v) is 3.60. The highest BCUT2D eigenvalue weighted by Crippen LogP contribution is 2.16. The van der Waals surface area contributed by atoms with E-state index in [-0.39, 0.29) is 11.9 Å². The number of nitrogens with one attached hydrogen (secondary N) is 1. The Balaban J connectivity index is 1.92. The fourth-order valence-corrected chi connectivity index (χ4v) is 2.51. The monoisotopic (exact) mass is 312 g/mol. The van der Waals surface area contributed by atoms with Crippen molar-refractivity contribution in [1.82, 2.24) is 10.2 Å². The summed E-state index contributed by atoms with van der Waals surface area (Å²) < 4.78 is 1.06. The molecule has 2 atom stereocenters. The van der Waals surface area contributed by atoms with Gasteiger partial charge in [-0.15, -0.1) is 0 Å². The molecule has 1 aromatic rings. The lowest BCUT2D eigenvalue weighted by Crippen LogP contribution is -2.41. The largest absolute Gasteiger partial charge is 0.390 e. The van der Waals surface area contributed by atoms with Crippen LogP contribution in [-0.4, -0.2) is 41.1 Å². The van der Waals surface area contributed by atoms with Gasteiger partial charge in [-0.2, -0.15) is 0 Å². The third kappa shape index (κ3) is 3.54. The molecular weight excluding hydrogens is 296 g/mol. The van der Waals surface area contributed by atoms with E-state index < -0.39 is 6.10 Å². The van der Waals surface area contributed by atoms with Crippen molar-refractivity contribution in [1.29, 1.82) is 0 Å². The smallest absolute Gasteiger partial charge is 0.217 e. The molecule has 1 heterocycles. The number of β-amino-alcohol motifs (C(OH)–C–C–N with tert-alkyl or cyclic N) is 1. The van der Waals surface area contributed by atoms with E-state index >= 15 is 0 Å². The van der Waals surface area contributed by atoms with Crippen molar-refractivity contribution in [2.45, 2.75) is 25.6 Å². The fraction of sp³-hybridized carbons (Fsp3) is 0.462. The standard InChI is InChI=1S/C13H17BrN2O2/c1-9(17)15-12-7-16(8-13(12)18)6-10-2-4-11(14)5-3-10/h2-5,12-13,18H,6-8H2,1H3,(H,15,17)/t12-,13-/m1/s1. The number of aliphatic hydroxyl groups is 1. The maximum absolute atomic E-state index is 11.0. The topological polar surface area (TPSA) is 52.6 Å². The summed E-state index contributed by atoms with van der Waals surface area (Å²) >= 11 is 3.40. The number of halogens is 1. The van der Waals surface area contributed by atoms with Crippen LogP contribution in [-0.2, 0) is 11.3 Å². The van der Waals surface area contributed by atoms with Gasteiger partial charge in [0.1, 0.15) is 0 Å². The Hall–Kier alpha value is -0.910. The van der Waals surface area contributed by atoms with Crippen LogP contribution >= 0.6 is 15.9 Å². The van der Waals surface area contributed by atoms with Crippen molar-refractivity contribution >= 4 is 21.8 Å². The second kappa shape index (κ2) is 5.82. The fourth-order valence-electron chi connectivity index (χ4n) is 2.25. The van der Waals surface area contributed by atoms with Crippen LogP contribution in [0.2, 0.25) is 0 Å². The predicted octanol–water partition coefficient (Wildman–Crippen LogP) is 1.13. The second-order valence-electron chi connectivity index (χ2n) is 4.69. The first-order chi connectivity index (χ1) is 8.54. The van der Waals surface area contributed by atoms with E-state index in [0.717, 1.165) is 11.0 Å². The Bertz CT molecular complexity index is 422. The molecule has 0 bridgehead atoms. The first kappa shape index (κ1) is 13.5. The summed E-state index contributed by atoms with van der Waals surface area (Å²) in [7, 11) is 0. The predicted molar refractivity (Wildman–Crippen MR) is 73.0 cm³/mol. The lowest BCUT2D eigenvalue weighted by Gasteiger charge is -2.16. The Morgan fingerprint density at radius 2 is 2.11 bits per heavy atom. The molecule has 0 aromatic heterocycles. The first-order valence-corrected chi connectivity index (χ1v) is 6.76. The molecule has 5 heteroatoms. The zero-order valence-corrected chi connectivity index (χ0v) is 11.9. The summed E-state index contributed by atoms with van der Waals surface area (Å²) in [5.74, 6) is -0.0930. The van der Waals surface area contributed by atoms with Crippen molar-refractivity contribution in [3.8, 4) is 0 Å². The highest BCUT2D eigenvalue weighted by molar-refractivity contribution is 9.10. The van der Waals surface area contributed by atoms with E-state index in [1.807, 2.05) is 12.1 Å². The number of nitrogens with zero attached hydrogens (tertiary/aromatic N) is 1. The maximum Gasteiger partial charge on any atom is 0.217 e. The van der Waals surface area contributed by atoms with Gasteiger partial charge in [0, 0.05) is 31.0 Å². The Labute approximate surface area is 115 Å². The van der Waals surface area contributed by atoms with Crippen molar-refractivity contribution in [2.75, 3.05) is 13.1 Å². The maximum atomic E-state index is 11.0. The van der Waals surface area contributed by atoms with Gasteiger partial charge in [0.05, 0.1) is 12.1 Å². The van der Waals surface area contributed by atoms with Crippen molar-refractivity contribution in [2.24, 2.45) is 0 Å². The quantitative estimate of drug-likeness (QED) is 0.880. The molecule has 1 amide bonds. The first-order valence-electron chi connectivity index (χ1n) is 5.96. The average Bonchev–Trinajstić information content (AvgIpc) is 2.62. The van der Waals surface area contributed by atoms with Crippen molar-refractivity contribution in [3.63, 3.8) is 0 Å². The van der Waals surface area contributed by atoms with E-state index in [0.29, 0.717) is 13.1 Å². The van der Waals surface area contributed by atoms with Crippen molar-refractivity contribution in [3.05, 3.63) is 34.3 Å². The van der Waals surface area contributed by atoms with Crippen LogP contribution in [0.1, 0.15) is 12.5 Å². The van der Waals surface area contributed by atoms with Crippen LogP contribution in [0.3, 0.4) is 0 Å². The minimum atomic E-state index is -0.482. The molecule has 1 aliphatic rings. The van der Waals surface area contributed by atoms with Gasteiger partial charge in [0.2, 0.25) is 5.91 Å². The molecule has 98 valence electrons. The zero-order chi connectivity index (χ0) is 13.1. The van der Waals surface area contributed by atoms with Crippen LogP contribution < -0.4 is 5.32 Å². The number of carbonyl (C=O) groups excluding carboxylic acids is 1. The number of amides is 1. The van der Waals surface area contributed by atoms with Gasteiger partial charge in [-0.1, -0.05) is 28.1 Å². The molecule has 0 radical (unpaired) electrons.